The third-order valence-corrected chi connectivity index (χ3v) is 5.51. The molecule has 0 amide bonds. The fourth-order valence-electron chi connectivity index (χ4n) is 3.44. The molecule has 0 radical (unpaired) electrons. The van der Waals surface area contributed by atoms with E-state index in [1.807, 2.05) is 0 Å². The fourth-order valence-corrected chi connectivity index (χ4v) is 3.44. The number of aliphatic hydroxyl groups is 1. The van der Waals surface area contributed by atoms with Gasteiger partial charge in [0.1, 0.15) is 0 Å². The zero-order chi connectivity index (χ0) is 9.20. The Hall–Kier alpha value is -0.0400. The van der Waals surface area contributed by atoms with Gasteiger partial charge in [-0.05, 0) is 35.5 Å². The summed E-state index contributed by atoms with van der Waals surface area (Å²) in [6.45, 7) is 9.26. The first-order valence-corrected chi connectivity index (χ1v) is 5.02. The fraction of sp³-hybridized carbons (Fsp3) is 1.00. The van der Waals surface area contributed by atoms with E-state index < -0.39 is 0 Å². The van der Waals surface area contributed by atoms with Crippen molar-refractivity contribution < 1.29 is 5.11 Å². The average Bonchev–Trinajstić information content (AvgIpc) is 2.18. The molecule has 2 rings (SSSR count). The van der Waals surface area contributed by atoms with Gasteiger partial charge in [-0.2, -0.15) is 0 Å². The van der Waals surface area contributed by atoms with Crippen LogP contribution in [0.2, 0.25) is 0 Å². The zero-order valence-electron chi connectivity index (χ0n) is 8.65. The summed E-state index contributed by atoms with van der Waals surface area (Å²) in [5.41, 5.74) is 0.891. The van der Waals surface area contributed by atoms with Gasteiger partial charge in [0, 0.05) is 0 Å². The van der Waals surface area contributed by atoms with Gasteiger partial charge in [0.05, 0.1) is 6.10 Å². The minimum atomic E-state index is -0.0637. The van der Waals surface area contributed by atoms with E-state index in [0.717, 1.165) is 6.42 Å². The molecule has 0 aromatic heterocycles. The van der Waals surface area contributed by atoms with Crippen LogP contribution < -0.4 is 0 Å². The molecule has 2 saturated carbocycles. The lowest BCUT2D eigenvalue weighted by Crippen LogP contribution is -2.36. The third kappa shape index (κ3) is 0.618. The second-order valence-corrected chi connectivity index (χ2v) is 5.82. The van der Waals surface area contributed by atoms with E-state index in [9.17, 15) is 5.11 Å². The molecule has 2 aliphatic rings. The van der Waals surface area contributed by atoms with E-state index in [-0.39, 0.29) is 11.5 Å². The number of rotatable bonds is 0. The highest BCUT2D eigenvalue weighted by atomic mass is 16.3. The van der Waals surface area contributed by atoms with Gasteiger partial charge >= 0.3 is 0 Å². The summed E-state index contributed by atoms with van der Waals surface area (Å²) in [6, 6.07) is 0. The van der Waals surface area contributed by atoms with E-state index in [0.29, 0.717) is 10.8 Å². The Bertz CT molecular complexity index is 218. The van der Waals surface area contributed by atoms with E-state index in [1.165, 1.54) is 12.8 Å². The Morgan fingerprint density at radius 1 is 1.08 bits per heavy atom. The molecule has 70 valence electrons. The van der Waals surface area contributed by atoms with E-state index in [1.54, 1.807) is 0 Å². The second kappa shape index (κ2) is 1.89. The molecule has 0 aromatic rings. The predicted molar refractivity (Wildman–Crippen MR) is 49.9 cm³/mol. The maximum absolute atomic E-state index is 9.98. The summed E-state index contributed by atoms with van der Waals surface area (Å²) in [5, 5.41) is 9.98. The highest BCUT2D eigenvalue weighted by Gasteiger charge is 2.66. The number of hydrogen-bond acceptors (Lipinski definition) is 1. The molecule has 0 heterocycles. The van der Waals surface area contributed by atoms with E-state index in [4.69, 9.17) is 0 Å². The molecule has 0 aromatic carbocycles. The Balaban J connectivity index is 2.49. The largest absolute Gasteiger partial charge is 0.393 e. The molecule has 0 saturated heterocycles. The van der Waals surface area contributed by atoms with Crippen LogP contribution in [0.3, 0.4) is 0 Å². The van der Waals surface area contributed by atoms with E-state index in [2.05, 4.69) is 27.7 Å². The van der Waals surface area contributed by atoms with Crippen molar-refractivity contribution in [1.29, 1.82) is 0 Å². The molecule has 3 unspecified atom stereocenters. The monoisotopic (exact) mass is 168 g/mol. The van der Waals surface area contributed by atoms with Gasteiger partial charge in [-0.15, -0.1) is 0 Å². The van der Waals surface area contributed by atoms with Gasteiger partial charge in [0.15, 0.2) is 0 Å². The zero-order valence-corrected chi connectivity index (χ0v) is 8.65. The van der Waals surface area contributed by atoms with Crippen LogP contribution in [0.4, 0.5) is 0 Å². The lowest BCUT2D eigenvalue weighted by Gasteiger charge is -2.39. The van der Waals surface area contributed by atoms with Crippen molar-refractivity contribution in [3.05, 3.63) is 0 Å². The van der Waals surface area contributed by atoms with Gasteiger partial charge in [-0.25, -0.2) is 0 Å². The van der Waals surface area contributed by atoms with Gasteiger partial charge in [0.25, 0.3) is 0 Å². The summed E-state index contributed by atoms with van der Waals surface area (Å²) in [5.74, 6) is 0. The smallest absolute Gasteiger partial charge is 0.0604 e. The van der Waals surface area contributed by atoms with Crippen LogP contribution in [-0.2, 0) is 0 Å². The average molecular weight is 168 g/mol. The second-order valence-electron chi connectivity index (χ2n) is 5.82. The predicted octanol–water partition coefficient (Wildman–Crippen LogP) is 2.58. The SMILES string of the molecule is CC12CCC(C)(C(O)C1)C2(C)C. The molecule has 1 N–H and O–H groups in total. The van der Waals surface area contributed by atoms with Crippen molar-refractivity contribution in [3.8, 4) is 0 Å². The molecule has 3 atom stereocenters. The van der Waals surface area contributed by atoms with Crippen molar-refractivity contribution in [2.45, 2.75) is 53.1 Å². The Morgan fingerprint density at radius 3 is 1.83 bits per heavy atom. The standard InChI is InChI=1S/C11H20O/c1-9(2)10(3)5-6-11(9,4)8(12)7-10/h8,12H,5-7H2,1-4H3. The Kier molecular flexibility index (Phi) is 1.35. The minimum Gasteiger partial charge on any atom is -0.393 e. The lowest BCUT2D eigenvalue weighted by molar-refractivity contribution is 0.0115. The summed E-state index contributed by atoms with van der Waals surface area (Å²) >= 11 is 0. The van der Waals surface area contributed by atoms with Crippen LogP contribution in [0.25, 0.3) is 0 Å². The lowest BCUT2D eigenvalue weighted by atomic mass is 9.66. The van der Waals surface area contributed by atoms with Crippen molar-refractivity contribution in [2.24, 2.45) is 16.2 Å². The minimum absolute atomic E-state index is 0.0637. The maximum atomic E-state index is 9.98. The molecule has 1 nitrogen and oxygen atoms in total. The molecule has 2 fully saturated rings. The van der Waals surface area contributed by atoms with Crippen LogP contribution in [0.1, 0.15) is 47.0 Å². The normalized spacial score (nSPS) is 56.2. The van der Waals surface area contributed by atoms with Crippen molar-refractivity contribution >= 4 is 0 Å². The van der Waals surface area contributed by atoms with Crippen molar-refractivity contribution in [2.75, 3.05) is 0 Å². The molecule has 2 bridgehead atoms. The highest BCUT2D eigenvalue weighted by Crippen LogP contribution is 2.71. The molecule has 0 aliphatic heterocycles. The van der Waals surface area contributed by atoms with Crippen molar-refractivity contribution in [3.63, 3.8) is 0 Å². The maximum Gasteiger partial charge on any atom is 0.0604 e. The first-order valence-electron chi connectivity index (χ1n) is 5.02. The molecule has 1 heteroatoms. The van der Waals surface area contributed by atoms with Crippen LogP contribution in [0.15, 0.2) is 0 Å². The van der Waals surface area contributed by atoms with Gasteiger partial charge in [-0.1, -0.05) is 27.7 Å². The third-order valence-electron chi connectivity index (χ3n) is 5.51. The number of aliphatic hydroxyl groups excluding tert-OH is 1. The van der Waals surface area contributed by atoms with Gasteiger partial charge in [0.2, 0.25) is 0 Å². The first-order chi connectivity index (χ1) is 5.33. The summed E-state index contributed by atoms with van der Waals surface area (Å²) < 4.78 is 0. The Morgan fingerprint density at radius 2 is 1.67 bits per heavy atom. The summed E-state index contributed by atoms with van der Waals surface area (Å²) in [4.78, 5) is 0. The quantitative estimate of drug-likeness (QED) is 0.589. The molecule has 0 spiro atoms. The van der Waals surface area contributed by atoms with Crippen molar-refractivity contribution in [1.82, 2.24) is 0 Å². The molecular weight excluding hydrogens is 148 g/mol. The molecular formula is C11H20O. The van der Waals surface area contributed by atoms with Crippen LogP contribution in [0, 0.1) is 16.2 Å². The molecule has 12 heavy (non-hydrogen) atoms. The first kappa shape index (κ1) is 8.55. The van der Waals surface area contributed by atoms with Gasteiger partial charge < -0.3 is 5.11 Å². The van der Waals surface area contributed by atoms with Crippen LogP contribution in [-0.4, -0.2) is 11.2 Å². The molecule has 2 aliphatic carbocycles. The highest BCUT2D eigenvalue weighted by molar-refractivity contribution is 5.16. The summed E-state index contributed by atoms with van der Waals surface area (Å²) in [7, 11) is 0. The topological polar surface area (TPSA) is 20.2 Å². The number of fused-ring (bicyclic) bond motifs is 2. The van der Waals surface area contributed by atoms with Crippen LogP contribution in [0.5, 0.6) is 0 Å². The summed E-state index contributed by atoms with van der Waals surface area (Å²) in [6.07, 6.45) is 3.45. The van der Waals surface area contributed by atoms with Gasteiger partial charge in [-0.3, -0.25) is 0 Å². The Labute approximate surface area is 75.2 Å². The van der Waals surface area contributed by atoms with E-state index >= 15 is 0 Å². The number of hydrogen-bond donors (Lipinski definition) is 1. The van der Waals surface area contributed by atoms with Crippen LogP contribution >= 0.6 is 0 Å².